The predicted molar refractivity (Wildman–Crippen MR) is 96.6 cm³/mol. The minimum Gasteiger partial charge on any atom is -0.481 e. The molecule has 2 heterocycles. The maximum absolute atomic E-state index is 14.3. The lowest BCUT2D eigenvalue weighted by Gasteiger charge is -2.24. The second kappa shape index (κ2) is 7.55. The highest BCUT2D eigenvalue weighted by atomic mass is 32.2. The van der Waals surface area contributed by atoms with E-state index in [1.807, 2.05) is 0 Å². The summed E-state index contributed by atoms with van der Waals surface area (Å²) in [6.45, 7) is 0. The third-order valence-corrected chi connectivity index (χ3v) is 7.45. The van der Waals surface area contributed by atoms with E-state index in [0.29, 0.717) is 6.07 Å². The Morgan fingerprint density at radius 2 is 2.00 bits per heavy atom. The number of anilines is 1. The number of amides is 1. The van der Waals surface area contributed by atoms with Gasteiger partial charge in [-0.25, -0.2) is 17.2 Å². The number of carboxylic acid groups (broad SMARTS) is 1. The van der Waals surface area contributed by atoms with Crippen LogP contribution in [-0.4, -0.2) is 53.4 Å². The molecule has 7 nitrogen and oxygen atoms in total. The van der Waals surface area contributed by atoms with Gasteiger partial charge >= 0.3 is 5.97 Å². The number of sulfone groups is 1. The van der Waals surface area contributed by atoms with E-state index in [1.54, 1.807) is 0 Å². The van der Waals surface area contributed by atoms with Crippen molar-refractivity contribution < 1.29 is 31.9 Å². The third-order valence-electron chi connectivity index (χ3n) is 4.24. The number of aliphatic carboxylic acids is 1. The third kappa shape index (κ3) is 4.46. The second-order valence-corrected chi connectivity index (χ2v) is 9.66. The van der Waals surface area contributed by atoms with Gasteiger partial charge in [-0.2, -0.15) is 4.99 Å². The SMILES string of the molecule is O=C(O)CCCC(=O)N=C1SC2CS(=O)(=O)CC2N1c1ccc(F)cc1F. The lowest BCUT2D eigenvalue weighted by molar-refractivity contribution is -0.137. The van der Waals surface area contributed by atoms with Crippen LogP contribution in [0.5, 0.6) is 0 Å². The number of fused-ring (bicyclic) bond motifs is 1. The molecule has 2 aliphatic heterocycles. The lowest BCUT2D eigenvalue weighted by atomic mass is 10.2. The van der Waals surface area contributed by atoms with Gasteiger partial charge in [0.1, 0.15) is 11.6 Å². The number of carboxylic acids is 1. The smallest absolute Gasteiger partial charge is 0.303 e. The Kier molecular flexibility index (Phi) is 5.52. The van der Waals surface area contributed by atoms with Gasteiger partial charge in [0.05, 0.1) is 23.2 Å². The van der Waals surface area contributed by atoms with Crippen LogP contribution in [0.15, 0.2) is 23.2 Å². The van der Waals surface area contributed by atoms with Gasteiger partial charge in [-0.3, -0.25) is 9.59 Å². The highest BCUT2D eigenvalue weighted by molar-refractivity contribution is 8.16. The number of benzene rings is 1. The maximum Gasteiger partial charge on any atom is 0.303 e. The molecule has 2 aliphatic rings. The lowest BCUT2D eigenvalue weighted by Crippen LogP contribution is -2.38. The van der Waals surface area contributed by atoms with E-state index in [2.05, 4.69) is 4.99 Å². The summed E-state index contributed by atoms with van der Waals surface area (Å²) in [7, 11) is -3.31. The van der Waals surface area contributed by atoms with Crippen LogP contribution in [0.4, 0.5) is 14.5 Å². The minimum atomic E-state index is -3.31. The fraction of sp³-hybridized carbons (Fsp3) is 0.438. The van der Waals surface area contributed by atoms with Gasteiger partial charge in [0.15, 0.2) is 15.0 Å². The summed E-state index contributed by atoms with van der Waals surface area (Å²) >= 11 is 1.07. The molecule has 1 amide bonds. The van der Waals surface area contributed by atoms with E-state index < -0.39 is 44.6 Å². The first kappa shape index (κ1) is 19.7. The van der Waals surface area contributed by atoms with E-state index in [0.717, 1.165) is 17.8 Å². The molecule has 146 valence electrons. The van der Waals surface area contributed by atoms with Gasteiger partial charge in [0, 0.05) is 24.2 Å². The number of rotatable bonds is 5. The highest BCUT2D eigenvalue weighted by Crippen LogP contribution is 2.41. The van der Waals surface area contributed by atoms with Crippen molar-refractivity contribution in [1.82, 2.24) is 0 Å². The summed E-state index contributed by atoms with van der Waals surface area (Å²) < 4.78 is 51.4. The fourth-order valence-corrected chi connectivity index (χ4v) is 7.00. The average Bonchev–Trinajstić information content (AvgIpc) is 2.98. The molecule has 0 bridgehead atoms. The summed E-state index contributed by atoms with van der Waals surface area (Å²) in [5.41, 5.74) is -0.0504. The first-order valence-electron chi connectivity index (χ1n) is 8.11. The monoisotopic (exact) mass is 418 g/mol. The van der Waals surface area contributed by atoms with Gasteiger partial charge in [0.2, 0.25) is 5.91 Å². The van der Waals surface area contributed by atoms with Crippen LogP contribution < -0.4 is 4.90 Å². The first-order chi connectivity index (χ1) is 12.7. The maximum atomic E-state index is 14.3. The van der Waals surface area contributed by atoms with Gasteiger partial charge in [-0.15, -0.1) is 0 Å². The van der Waals surface area contributed by atoms with Crippen molar-refractivity contribution >= 4 is 44.3 Å². The van der Waals surface area contributed by atoms with Crippen LogP contribution in [-0.2, 0) is 19.4 Å². The Hall–Kier alpha value is -2.01. The second-order valence-electron chi connectivity index (χ2n) is 6.30. The van der Waals surface area contributed by atoms with Gasteiger partial charge in [0.25, 0.3) is 0 Å². The fourth-order valence-electron chi connectivity index (χ4n) is 3.08. The Morgan fingerprint density at radius 3 is 2.67 bits per heavy atom. The van der Waals surface area contributed by atoms with Crippen molar-refractivity contribution in [1.29, 1.82) is 0 Å². The number of carbonyl (C=O) groups is 2. The van der Waals surface area contributed by atoms with Crippen molar-refractivity contribution in [2.75, 3.05) is 16.4 Å². The van der Waals surface area contributed by atoms with Crippen LogP contribution in [0, 0.1) is 11.6 Å². The molecule has 2 saturated heterocycles. The van der Waals surface area contributed by atoms with Gasteiger partial charge in [-0.1, -0.05) is 11.8 Å². The molecule has 1 aromatic carbocycles. The molecule has 0 saturated carbocycles. The topological polar surface area (TPSA) is 104 Å². The molecule has 0 aromatic heterocycles. The molecule has 11 heteroatoms. The molecule has 27 heavy (non-hydrogen) atoms. The zero-order chi connectivity index (χ0) is 19.8. The molecule has 3 rings (SSSR count). The average molecular weight is 418 g/mol. The molecular formula is C16H16F2N2O5S2. The number of aliphatic imine (C=N–C) groups is 1. The van der Waals surface area contributed by atoms with Crippen molar-refractivity contribution in [3.05, 3.63) is 29.8 Å². The summed E-state index contributed by atoms with van der Waals surface area (Å²) in [6.07, 6.45) is -0.158. The Balaban J connectivity index is 1.89. The molecule has 1 N–H and O–H groups in total. The number of hydrogen-bond donors (Lipinski definition) is 1. The van der Waals surface area contributed by atoms with E-state index in [1.165, 1.54) is 11.0 Å². The van der Waals surface area contributed by atoms with Crippen LogP contribution in [0.3, 0.4) is 0 Å². The summed E-state index contributed by atoms with van der Waals surface area (Å²) in [5.74, 6) is -3.59. The van der Waals surface area contributed by atoms with E-state index in [4.69, 9.17) is 5.11 Å². The van der Waals surface area contributed by atoms with E-state index in [-0.39, 0.29) is 41.6 Å². The van der Waals surface area contributed by atoms with Crippen molar-refractivity contribution in [3.8, 4) is 0 Å². The quantitative estimate of drug-likeness (QED) is 0.778. The number of nitrogens with zero attached hydrogens (tertiary/aromatic N) is 2. The first-order valence-corrected chi connectivity index (χ1v) is 10.8. The standard InChI is InChI=1S/C16H16F2N2O5S2/c17-9-4-5-11(10(18)6-9)20-12-7-27(24,25)8-13(12)26-16(20)19-14(21)2-1-3-15(22)23/h4-6,12-13H,1-3,7-8H2,(H,22,23). The Labute approximate surface area is 158 Å². The predicted octanol–water partition coefficient (Wildman–Crippen LogP) is 1.82. The Morgan fingerprint density at radius 1 is 1.26 bits per heavy atom. The summed E-state index contributed by atoms with van der Waals surface area (Å²) in [6, 6.07) is 2.31. The summed E-state index contributed by atoms with van der Waals surface area (Å²) in [5, 5.41) is 8.36. The minimum absolute atomic E-state index is 0.0504. The highest BCUT2D eigenvalue weighted by Gasteiger charge is 2.50. The normalized spacial score (nSPS) is 25.0. The number of halogens is 2. The molecule has 2 unspecified atom stereocenters. The van der Waals surface area contributed by atoms with Crippen LogP contribution in [0.1, 0.15) is 19.3 Å². The molecular weight excluding hydrogens is 402 g/mol. The van der Waals surface area contributed by atoms with Gasteiger partial charge < -0.3 is 10.0 Å². The van der Waals surface area contributed by atoms with Gasteiger partial charge in [-0.05, 0) is 18.6 Å². The molecule has 1 aromatic rings. The Bertz CT molecular complexity index is 919. The van der Waals surface area contributed by atoms with Crippen molar-refractivity contribution in [3.63, 3.8) is 0 Å². The van der Waals surface area contributed by atoms with E-state index >= 15 is 0 Å². The molecule has 2 atom stereocenters. The van der Waals surface area contributed by atoms with Crippen LogP contribution in [0.25, 0.3) is 0 Å². The van der Waals surface area contributed by atoms with E-state index in [9.17, 15) is 26.8 Å². The number of thioether (sulfide) groups is 1. The van der Waals surface area contributed by atoms with Crippen LogP contribution in [0.2, 0.25) is 0 Å². The van der Waals surface area contributed by atoms with Crippen molar-refractivity contribution in [2.24, 2.45) is 4.99 Å². The zero-order valence-electron chi connectivity index (χ0n) is 14.0. The molecule has 0 aliphatic carbocycles. The number of carbonyl (C=O) groups excluding carboxylic acids is 1. The van der Waals surface area contributed by atoms with Crippen LogP contribution >= 0.6 is 11.8 Å². The molecule has 0 radical (unpaired) electrons. The number of amidine groups is 1. The summed E-state index contributed by atoms with van der Waals surface area (Å²) in [4.78, 5) is 27.9. The molecule has 0 spiro atoms. The largest absolute Gasteiger partial charge is 0.481 e. The zero-order valence-corrected chi connectivity index (χ0v) is 15.6. The molecule has 2 fully saturated rings. The number of hydrogen-bond acceptors (Lipinski definition) is 5. The van der Waals surface area contributed by atoms with Crippen molar-refractivity contribution in [2.45, 2.75) is 30.6 Å².